The van der Waals surface area contributed by atoms with Gasteiger partial charge < -0.3 is 9.31 Å². The van der Waals surface area contributed by atoms with Crippen molar-refractivity contribution in [1.82, 2.24) is 0 Å². The average Bonchev–Trinajstić information content (AvgIpc) is 2.98. The molecule has 1 aliphatic rings. The van der Waals surface area contributed by atoms with Crippen molar-refractivity contribution < 1.29 is 44.4 Å². The fourth-order valence-electron chi connectivity index (χ4n) is 3.18. The van der Waals surface area contributed by atoms with Gasteiger partial charge in [-0.05, 0) is 42.0 Å². The molecule has 1 atom stereocenters. The molecule has 0 radical (unpaired) electrons. The molecule has 4 rings (SSSR count). The molecule has 3 aromatic carbocycles. The van der Waals surface area contributed by atoms with Crippen LogP contribution in [0.3, 0.4) is 0 Å². The normalized spacial score (nSPS) is 15.2. The summed E-state index contributed by atoms with van der Waals surface area (Å²) in [4.78, 5) is 0. The average molecular weight is 456 g/mol. The number of fused-ring (bicyclic) bond motifs is 1. The third-order valence-corrected chi connectivity index (χ3v) is 4.67. The van der Waals surface area contributed by atoms with E-state index in [9.17, 15) is 35.1 Å². The smallest absolute Gasteiger partial charge is 0.530 e. The summed E-state index contributed by atoms with van der Waals surface area (Å²) in [5, 5.41) is 0. The lowest BCUT2D eigenvalue weighted by Crippen LogP contribution is -2.43. The summed E-state index contributed by atoms with van der Waals surface area (Å²) in [7, 11) is -2.10. The molecule has 0 aromatic heterocycles. The quantitative estimate of drug-likeness (QED) is 0.364. The highest BCUT2D eigenvalue weighted by atomic mass is 19.2. The molecule has 1 aliphatic carbocycles. The van der Waals surface area contributed by atoms with Crippen LogP contribution in [0.5, 0.6) is 5.75 Å². The number of rotatable bonds is 5. The van der Waals surface area contributed by atoms with Crippen LogP contribution in [-0.4, -0.2) is 7.12 Å². The van der Waals surface area contributed by atoms with Crippen molar-refractivity contribution in [2.24, 2.45) is 0 Å². The molecule has 11 heteroatoms. The monoisotopic (exact) mass is 456 g/mol. The van der Waals surface area contributed by atoms with Crippen LogP contribution >= 0.6 is 0 Å². The molecule has 0 saturated carbocycles. The van der Waals surface area contributed by atoms with E-state index >= 15 is 0 Å². The molecule has 0 saturated heterocycles. The van der Waals surface area contributed by atoms with Crippen molar-refractivity contribution in [2.45, 2.75) is 6.10 Å². The molecular weight excluding hydrogens is 447 g/mol. The zero-order valence-corrected chi connectivity index (χ0v) is 15.6. The maximum absolute atomic E-state index is 14.6. The van der Waals surface area contributed by atoms with Gasteiger partial charge in [-0.3, -0.25) is 0 Å². The van der Waals surface area contributed by atoms with Crippen molar-refractivity contribution in [3.05, 3.63) is 100 Å². The summed E-state index contributed by atoms with van der Waals surface area (Å²) in [5.74, 6) is -11.6. The first-order valence-electron chi connectivity index (χ1n) is 8.93. The highest BCUT2D eigenvalue weighted by Crippen LogP contribution is 2.45. The molecule has 2 nitrogen and oxygen atoms in total. The number of hydrogen-bond donors (Lipinski definition) is 0. The van der Waals surface area contributed by atoms with Gasteiger partial charge in [0, 0.05) is 11.5 Å². The van der Waals surface area contributed by atoms with Gasteiger partial charge in [-0.25, -0.2) is 35.1 Å². The topological polar surface area (TPSA) is 18.5 Å². The van der Waals surface area contributed by atoms with E-state index in [1.54, 1.807) is 0 Å². The van der Waals surface area contributed by atoms with Gasteiger partial charge in [-0.2, -0.15) is 0 Å². The Morgan fingerprint density at radius 1 is 0.688 bits per heavy atom. The van der Waals surface area contributed by atoms with Crippen LogP contribution < -0.4 is 10.1 Å². The van der Waals surface area contributed by atoms with Gasteiger partial charge in [0.2, 0.25) is 0 Å². The molecule has 0 N–H and O–H groups in total. The molecule has 0 fully saturated rings. The van der Waals surface area contributed by atoms with Gasteiger partial charge in [-0.15, -0.1) is 0 Å². The SMILES string of the molecule is FC1=C(F)C(OB(Oc2ccc(F)cc2F)c2cc(F)ccc2F)c2ccc(F)c(F)c21. The van der Waals surface area contributed by atoms with Crippen molar-refractivity contribution in [3.8, 4) is 5.75 Å². The van der Waals surface area contributed by atoms with E-state index in [1.807, 2.05) is 0 Å². The number of hydrogen-bond acceptors (Lipinski definition) is 2. The maximum atomic E-state index is 14.6. The third-order valence-electron chi connectivity index (χ3n) is 4.67. The van der Waals surface area contributed by atoms with E-state index in [4.69, 9.17) is 9.31 Å². The first kappa shape index (κ1) is 21.9. The Bertz CT molecular complexity index is 1250. The molecule has 164 valence electrons. The Kier molecular flexibility index (Phi) is 5.68. The van der Waals surface area contributed by atoms with E-state index in [2.05, 4.69) is 0 Å². The van der Waals surface area contributed by atoms with Gasteiger partial charge >= 0.3 is 7.12 Å². The summed E-state index contributed by atoms with van der Waals surface area (Å²) < 4.78 is 122. The summed E-state index contributed by atoms with van der Waals surface area (Å²) in [6, 6.07) is 5.48. The highest BCUT2D eigenvalue weighted by molar-refractivity contribution is 6.62. The Morgan fingerprint density at radius 3 is 2.06 bits per heavy atom. The second-order valence-electron chi connectivity index (χ2n) is 6.69. The summed E-state index contributed by atoms with van der Waals surface area (Å²) in [6.07, 6.45) is -2.06. The van der Waals surface area contributed by atoms with Gasteiger partial charge in [0.15, 0.2) is 29.1 Å². The molecule has 0 bridgehead atoms. The van der Waals surface area contributed by atoms with E-state index in [-0.39, 0.29) is 0 Å². The van der Waals surface area contributed by atoms with Crippen LogP contribution in [0.4, 0.5) is 35.1 Å². The molecule has 1 unspecified atom stereocenters. The minimum atomic E-state index is -2.10. The summed E-state index contributed by atoms with van der Waals surface area (Å²) in [6.45, 7) is 0. The lowest BCUT2D eigenvalue weighted by atomic mass is 9.77. The fraction of sp³-hybridized carbons (Fsp3) is 0.0476. The molecule has 32 heavy (non-hydrogen) atoms. The summed E-state index contributed by atoms with van der Waals surface area (Å²) in [5.41, 5.74) is -2.22. The van der Waals surface area contributed by atoms with E-state index in [1.165, 1.54) is 0 Å². The first-order valence-corrected chi connectivity index (χ1v) is 8.93. The van der Waals surface area contributed by atoms with Crippen LogP contribution in [0.25, 0.3) is 5.83 Å². The number of benzene rings is 3. The Morgan fingerprint density at radius 2 is 1.34 bits per heavy atom. The van der Waals surface area contributed by atoms with Gasteiger partial charge in [0.25, 0.3) is 0 Å². The van der Waals surface area contributed by atoms with Crippen LogP contribution in [0.15, 0.2) is 54.4 Å². The third kappa shape index (κ3) is 3.84. The molecular formula is C21H9BF8O2. The van der Waals surface area contributed by atoms with E-state index in [0.29, 0.717) is 24.3 Å². The Balaban J connectivity index is 1.78. The number of halogens is 8. The second-order valence-corrected chi connectivity index (χ2v) is 6.69. The van der Waals surface area contributed by atoms with Crippen molar-refractivity contribution >= 4 is 18.4 Å². The van der Waals surface area contributed by atoms with Crippen LogP contribution in [0.1, 0.15) is 17.2 Å². The second kappa shape index (κ2) is 8.31. The standard InChI is InChI=1S/C21H9BF8O2/c23-9-1-4-13(25)12(7-9)22(31-16-6-2-10(24)8-15(16)27)32-21-11-3-5-14(26)18(28)17(11)19(29)20(21)30/h1-8,21H. The molecule has 0 spiro atoms. The Hall–Kier alpha value is -3.34. The lowest BCUT2D eigenvalue weighted by molar-refractivity contribution is 0.187. The van der Waals surface area contributed by atoms with Gasteiger partial charge in [0.1, 0.15) is 29.3 Å². The van der Waals surface area contributed by atoms with Crippen LogP contribution in [0, 0.1) is 34.9 Å². The maximum Gasteiger partial charge on any atom is 0.566 e. The molecule has 0 amide bonds. The van der Waals surface area contributed by atoms with Gasteiger partial charge in [-0.1, -0.05) is 6.07 Å². The fourth-order valence-corrected chi connectivity index (χ4v) is 3.18. The lowest BCUT2D eigenvalue weighted by Gasteiger charge is -2.21. The van der Waals surface area contributed by atoms with E-state index in [0.717, 1.165) is 24.3 Å². The minimum absolute atomic E-state index is 0.428. The van der Waals surface area contributed by atoms with Crippen LogP contribution in [0.2, 0.25) is 0 Å². The molecule has 3 aromatic rings. The largest absolute Gasteiger partial charge is 0.566 e. The van der Waals surface area contributed by atoms with E-state index < -0.39 is 82.1 Å². The minimum Gasteiger partial charge on any atom is -0.530 e. The predicted octanol–water partition coefficient (Wildman–Crippen LogP) is 5.67. The zero-order chi connectivity index (χ0) is 23.2. The van der Waals surface area contributed by atoms with Crippen LogP contribution in [-0.2, 0) is 4.65 Å². The molecule has 0 heterocycles. The first-order chi connectivity index (χ1) is 15.2. The predicted molar refractivity (Wildman–Crippen MR) is 98.1 cm³/mol. The molecule has 0 aliphatic heterocycles. The van der Waals surface area contributed by atoms with Gasteiger partial charge in [0.05, 0.1) is 5.56 Å². The highest BCUT2D eigenvalue weighted by Gasteiger charge is 2.41. The van der Waals surface area contributed by atoms with Crippen molar-refractivity contribution in [1.29, 1.82) is 0 Å². The van der Waals surface area contributed by atoms with Crippen molar-refractivity contribution in [3.63, 3.8) is 0 Å². The summed E-state index contributed by atoms with van der Waals surface area (Å²) >= 11 is 0. The zero-order valence-electron chi connectivity index (χ0n) is 15.6. The Labute approximate surface area is 175 Å². The van der Waals surface area contributed by atoms with Crippen molar-refractivity contribution in [2.75, 3.05) is 0 Å².